The van der Waals surface area contributed by atoms with Crippen LogP contribution in [0.15, 0.2) is 24.5 Å². The highest BCUT2D eigenvalue weighted by molar-refractivity contribution is 5.69. The SMILES string of the molecule is COC(=O)CCN1CCN(Cc2ccncc2)CC1. The lowest BCUT2D eigenvalue weighted by atomic mass is 10.2. The van der Waals surface area contributed by atoms with Gasteiger partial charge in [0.2, 0.25) is 0 Å². The van der Waals surface area contributed by atoms with Crippen LogP contribution in [-0.2, 0) is 16.1 Å². The second-order valence-corrected chi connectivity index (χ2v) is 4.80. The molecule has 0 aliphatic carbocycles. The summed E-state index contributed by atoms with van der Waals surface area (Å²) < 4.78 is 4.66. The zero-order valence-corrected chi connectivity index (χ0v) is 11.4. The molecule has 0 saturated carbocycles. The molecular weight excluding hydrogens is 242 g/mol. The predicted molar refractivity (Wildman–Crippen MR) is 72.6 cm³/mol. The average molecular weight is 263 g/mol. The Labute approximate surface area is 114 Å². The highest BCUT2D eigenvalue weighted by atomic mass is 16.5. The van der Waals surface area contributed by atoms with Gasteiger partial charge in [0.25, 0.3) is 0 Å². The van der Waals surface area contributed by atoms with Crippen molar-refractivity contribution in [3.8, 4) is 0 Å². The standard InChI is InChI=1S/C14H21N3O2/c1-19-14(18)4-7-16-8-10-17(11-9-16)12-13-2-5-15-6-3-13/h2-3,5-6H,4,7-12H2,1H3. The van der Waals surface area contributed by atoms with Crippen molar-refractivity contribution in [2.75, 3.05) is 39.8 Å². The first-order valence-electron chi connectivity index (χ1n) is 6.68. The third kappa shape index (κ3) is 4.61. The maximum atomic E-state index is 11.1. The molecule has 0 amide bonds. The fourth-order valence-corrected chi connectivity index (χ4v) is 2.27. The van der Waals surface area contributed by atoms with Crippen molar-refractivity contribution in [1.29, 1.82) is 0 Å². The van der Waals surface area contributed by atoms with E-state index < -0.39 is 0 Å². The van der Waals surface area contributed by atoms with E-state index in [2.05, 4.69) is 31.7 Å². The van der Waals surface area contributed by atoms with Crippen LogP contribution >= 0.6 is 0 Å². The monoisotopic (exact) mass is 263 g/mol. The van der Waals surface area contributed by atoms with E-state index in [4.69, 9.17) is 0 Å². The van der Waals surface area contributed by atoms with Crippen molar-refractivity contribution in [2.45, 2.75) is 13.0 Å². The number of methoxy groups -OCH3 is 1. The number of hydrogen-bond donors (Lipinski definition) is 0. The summed E-state index contributed by atoms with van der Waals surface area (Å²) in [4.78, 5) is 19.9. The number of hydrogen-bond acceptors (Lipinski definition) is 5. The smallest absolute Gasteiger partial charge is 0.306 e. The van der Waals surface area contributed by atoms with Crippen LogP contribution in [0.5, 0.6) is 0 Å². The van der Waals surface area contributed by atoms with E-state index in [0.29, 0.717) is 6.42 Å². The van der Waals surface area contributed by atoms with Crippen molar-refractivity contribution in [2.24, 2.45) is 0 Å². The fourth-order valence-electron chi connectivity index (χ4n) is 2.27. The first-order chi connectivity index (χ1) is 9.28. The minimum Gasteiger partial charge on any atom is -0.469 e. The lowest BCUT2D eigenvalue weighted by Crippen LogP contribution is -2.46. The Kier molecular flexibility index (Phi) is 5.30. The zero-order chi connectivity index (χ0) is 13.5. The fraction of sp³-hybridized carbons (Fsp3) is 0.571. The zero-order valence-electron chi connectivity index (χ0n) is 11.4. The lowest BCUT2D eigenvalue weighted by Gasteiger charge is -2.34. The van der Waals surface area contributed by atoms with Crippen LogP contribution < -0.4 is 0 Å². The molecule has 1 aromatic heterocycles. The maximum Gasteiger partial charge on any atom is 0.306 e. The molecule has 5 heteroatoms. The molecule has 1 aliphatic heterocycles. The van der Waals surface area contributed by atoms with Gasteiger partial charge in [-0.3, -0.25) is 14.7 Å². The van der Waals surface area contributed by atoms with Crippen LogP contribution in [0.25, 0.3) is 0 Å². The molecule has 0 bridgehead atoms. The minimum atomic E-state index is -0.126. The van der Waals surface area contributed by atoms with E-state index in [9.17, 15) is 4.79 Å². The van der Waals surface area contributed by atoms with Crippen LogP contribution in [0.4, 0.5) is 0 Å². The van der Waals surface area contributed by atoms with E-state index in [1.807, 2.05) is 12.4 Å². The van der Waals surface area contributed by atoms with E-state index in [1.165, 1.54) is 12.7 Å². The Balaban J connectivity index is 1.69. The van der Waals surface area contributed by atoms with Gasteiger partial charge in [-0.25, -0.2) is 0 Å². The van der Waals surface area contributed by atoms with Crippen LogP contribution in [0.2, 0.25) is 0 Å². The predicted octanol–water partition coefficient (Wildman–Crippen LogP) is 0.762. The van der Waals surface area contributed by atoms with Gasteiger partial charge in [0.15, 0.2) is 0 Å². The summed E-state index contributed by atoms with van der Waals surface area (Å²) >= 11 is 0. The molecule has 0 unspecified atom stereocenters. The van der Waals surface area contributed by atoms with E-state index in [-0.39, 0.29) is 5.97 Å². The second kappa shape index (κ2) is 7.21. The van der Waals surface area contributed by atoms with Crippen molar-refractivity contribution in [3.05, 3.63) is 30.1 Å². The highest BCUT2D eigenvalue weighted by Gasteiger charge is 2.17. The summed E-state index contributed by atoms with van der Waals surface area (Å²) in [5, 5.41) is 0. The largest absolute Gasteiger partial charge is 0.469 e. The summed E-state index contributed by atoms with van der Waals surface area (Å²) in [6.07, 6.45) is 4.16. The molecule has 0 atom stereocenters. The van der Waals surface area contributed by atoms with Gasteiger partial charge in [-0.05, 0) is 17.7 Å². The molecule has 0 spiro atoms. The van der Waals surface area contributed by atoms with Crippen molar-refractivity contribution >= 4 is 5.97 Å². The second-order valence-electron chi connectivity index (χ2n) is 4.80. The summed E-state index contributed by atoms with van der Waals surface area (Å²) in [6, 6.07) is 4.12. The van der Waals surface area contributed by atoms with Crippen LogP contribution in [0.3, 0.4) is 0 Å². The molecule has 5 nitrogen and oxygen atoms in total. The molecular formula is C14H21N3O2. The van der Waals surface area contributed by atoms with Crippen LogP contribution in [-0.4, -0.2) is 60.6 Å². The molecule has 1 aromatic rings. The van der Waals surface area contributed by atoms with E-state index in [0.717, 1.165) is 39.3 Å². The number of nitrogens with zero attached hydrogens (tertiary/aromatic N) is 3. The van der Waals surface area contributed by atoms with Gasteiger partial charge in [0, 0.05) is 51.7 Å². The highest BCUT2D eigenvalue weighted by Crippen LogP contribution is 2.08. The number of carbonyl (C=O) groups is 1. The molecule has 104 valence electrons. The molecule has 2 rings (SSSR count). The van der Waals surface area contributed by atoms with Gasteiger partial charge in [0.1, 0.15) is 0 Å². The Hall–Kier alpha value is -1.46. The minimum absolute atomic E-state index is 0.126. The Morgan fingerprint density at radius 2 is 1.84 bits per heavy atom. The molecule has 0 N–H and O–H groups in total. The van der Waals surface area contributed by atoms with Gasteiger partial charge >= 0.3 is 5.97 Å². The van der Waals surface area contributed by atoms with Gasteiger partial charge in [0.05, 0.1) is 13.5 Å². The van der Waals surface area contributed by atoms with Crippen LogP contribution in [0.1, 0.15) is 12.0 Å². The van der Waals surface area contributed by atoms with Gasteiger partial charge in [-0.1, -0.05) is 0 Å². The Morgan fingerprint density at radius 1 is 1.21 bits per heavy atom. The van der Waals surface area contributed by atoms with Crippen molar-refractivity contribution in [1.82, 2.24) is 14.8 Å². The number of esters is 1. The summed E-state index contributed by atoms with van der Waals surface area (Å²) in [5.74, 6) is -0.126. The van der Waals surface area contributed by atoms with E-state index >= 15 is 0 Å². The third-order valence-electron chi connectivity index (χ3n) is 3.48. The first-order valence-corrected chi connectivity index (χ1v) is 6.68. The molecule has 1 fully saturated rings. The summed E-state index contributed by atoms with van der Waals surface area (Å²) in [6.45, 7) is 5.90. The Bertz CT molecular complexity index is 389. The molecule has 19 heavy (non-hydrogen) atoms. The molecule has 0 aromatic carbocycles. The van der Waals surface area contributed by atoms with E-state index in [1.54, 1.807) is 0 Å². The van der Waals surface area contributed by atoms with Crippen LogP contribution in [0, 0.1) is 0 Å². The first kappa shape index (κ1) is 14.0. The average Bonchev–Trinajstić information content (AvgIpc) is 2.47. The molecule has 0 radical (unpaired) electrons. The number of carbonyl (C=O) groups excluding carboxylic acids is 1. The van der Waals surface area contributed by atoms with Crippen molar-refractivity contribution < 1.29 is 9.53 Å². The third-order valence-corrected chi connectivity index (χ3v) is 3.48. The Morgan fingerprint density at radius 3 is 2.47 bits per heavy atom. The molecule has 1 aliphatic rings. The summed E-state index contributed by atoms with van der Waals surface area (Å²) in [5.41, 5.74) is 1.30. The normalized spacial score (nSPS) is 17.3. The quantitative estimate of drug-likeness (QED) is 0.734. The number of piperazine rings is 1. The number of pyridine rings is 1. The number of rotatable bonds is 5. The summed E-state index contributed by atoms with van der Waals surface area (Å²) in [7, 11) is 1.44. The maximum absolute atomic E-state index is 11.1. The molecule has 2 heterocycles. The topological polar surface area (TPSA) is 45.7 Å². The van der Waals surface area contributed by atoms with Gasteiger partial charge in [-0.2, -0.15) is 0 Å². The molecule has 1 saturated heterocycles. The number of aromatic nitrogens is 1. The van der Waals surface area contributed by atoms with Crippen molar-refractivity contribution in [3.63, 3.8) is 0 Å². The number of ether oxygens (including phenoxy) is 1. The lowest BCUT2D eigenvalue weighted by molar-refractivity contribution is -0.141. The van der Waals surface area contributed by atoms with Gasteiger partial charge < -0.3 is 9.64 Å². The van der Waals surface area contributed by atoms with Gasteiger partial charge in [-0.15, -0.1) is 0 Å².